The van der Waals surface area contributed by atoms with Crippen molar-refractivity contribution in [3.63, 3.8) is 0 Å². The summed E-state index contributed by atoms with van der Waals surface area (Å²) >= 11 is 0. The molecule has 0 aliphatic carbocycles. The summed E-state index contributed by atoms with van der Waals surface area (Å²) in [5, 5.41) is 3.74. The van der Waals surface area contributed by atoms with Gasteiger partial charge in [-0.3, -0.25) is 0 Å². The topological polar surface area (TPSA) is 49.3 Å². The second-order valence-corrected chi connectivity index (χ2v) is 7.06. The Balaban J connectivity index is 1.95. The van der Waals surface area contributed by atoms with Crippen LogP contribution in [-0.2, 0) is 4.84 Å². The lowest BCUT2D eigenvalue weighted by molar-refractivity contribution is 0.215. The third-order valence-corrected chi connectivity index (χ3v) is 4.30. The lowest BCUT2D eigenvalue weighted by Gasteiger charge is -2.16. The molecule has 0 spiro atoms. The first-order valence-electron chi connectivity index (χ1n) is 10.3. The molecular formula is C26H31NO4. The van der Waals surface area contributed by atoms with E-state index >= 15 is 0 Å². The van der Waals surface area contributed by atoms with Gasteiger partial charge in [0.25, 0.3) is 0 Å². The maximum atomic E-state index is 6.09. The Morgan fingerprint density at radius 2 is 1.55 bits per heavy atom. The standard InChI is InChI=1S/C26H31NO4/c1-7-8-15-29-25-16-19(2)26(20(3)17-25)31-22(5)10-9-21(4)30-24-13-11-23(12-14-24)18-27-28-6/h7-8,11-14,16-18,21-22H,15H2,1-6H3/b8-7+,27-18-. The minimum atomic E-state index is -0.272. The van der Waals surface area contributed by atoms with E-state index in [4.69, 9.17) is 14.2 Å². The van der Waals surface area contributed by atoms with Crippen molar-refractivity contribution in [2.24, 2.45) is 5.16 Å². The van der Waals surface area contributed by atoms with E-state index in [1.807, 2.05) is 83.2 Å². The molecule has 31 heavy (non-hydrogen) atoms. The molecule has 5 heteroatoms. The van der Waals surface area contributed by atoms with Gasteiger partial charge < -0.3 is 19.0 Å². The minimum absolute atomic E-state index is 0.269. The molecule has 2 rings (SSSR count). The molecule has 0 saturated heterocycles. The summed E-state index contributed by atoms with van der Waals surface area (Å²) in [5.74, 6) is 8.64. The molecule has 0 aliphatic heterocycles. The molecule has 164 valence electrons. The fourth-order valence-electron chi connectivity index (χ4n) is 2.84. The maximum Gasteiger partial charge on any atom is 0.156 e. The average molecular weight is 422 g/mol. The van der Waals surface area contributed by atoms with Crippen molar-refractivity contribution in [2.45, 2.75) is 46.8 Å². The Bertz CT molecular complexity index is 929. The number of hydrogen-bond acceptors (Lipinski definition) is 5. The number of benzene rings is 2. The van der Waals surface area contributed by atoms with Gasteiger partial charge in [0.15, 0.2) is 12.2 Å². The van der Waals surface area contributed by atoms with Crippen LogP contribution in [0.5, 0.6) is 17.2 Å². The predicted molar refractivity (Wildman–Crippen MR) is 125 cm³/mol. The van der Waals surface area contributed by atoms with Crippen molar-refractivity contribution < 1.29 is 19.0 Å². The van der Waals surface area contributed by atoms with E-state index in [2.05, 4.69) is 21.8 Å². The molecule has 0 aliphatic rings. The van der Waals surface area contributed by atoms with Crippen molar-refractivity contribution >= 4 is 6.21 Å². The zero-order valence-electron chi connectivity index (χ0n) is 19.1. The van der Waals surface area contributed by atoms with Crippen LogP contribution in [0, 0.1) is 25.7 Å². The normalized spacial score (nSPS) is 12.8. The smallest absolute Gasteiger partial charge is 0.156 e. The van der Waals surface area contributed by atoms with Gasteiger partial charge in [-0.15, -0.1) is 0 Å². The van der Waals surface area contributed by atoms with Crippen molar-refractivity contribution in [2.75, 3.05) is 13.7 Å². The summed E-state index contributed by atoms with van der Waals surface area (Å²) in [7, 11) is 1.51. The quantitative estimate of drug-likeness (QED) is 0.233. The molecule has 2 unspecified atom stereocenters. The van der Waals surface area contributed by atoms with Crippen LogP contribution in [0.4, 0.5) is 0 Å². The van der Waals surface area contributed by atoms with Crippen LogP contribution in [0.2, 0.25) is 0 Å². The first-order valence-corrected chi connectivity index (χ1v) is 10.3. The van der Waals surface area contributed by atoms with Gasteiger partial charge in [-0.1, -0.05) is 29.1 Å². The third kappa shape index (κ3) is 8.10. The predicted octanol–water partition coefficient (Wildman–Crippen LogP) is 5.48. The molecule has 0 saturated carbocycles. The van der Waals surface area contributed by atoms with Crippen LogP contribution >= 0.6 is 0 Å². The molecule has 0 radical (unpaired) electrons. The summed E-state index contributed by atoms with van der Waals surface area (Å²) in [4.78, 5) is 4.68. The fourth-order valence-corrected chi connectivity index (χ4v) is 2.84. The Labute approximate surface area is 185 Å². The zero-order valence-corrected chi connectivity index (χ0v) is 19.1. The van der Waals surface area contributed by atoms with Gasteiger partial charge in [-0.2, -0.15) is 0 Å². The first-order chi connectivity index (χ1) is 14.9. The van der Waals surface area contributed by atoms with Gasteiger partial charge in [0, 0.05) is 0 Å². The number of aryl methyl sites for hydroxylation is 2. The molecule has 2 aromatic rings. The minimum Gasteiger partial charge on any atom is -0.490 e. The van der Waals surface area contributed by atoms with Crippen LogP contribution in [0.15, 0.2) is 53.7 Å². The zero-order chi connectivity index (χ0) is 22.6. The van der Waals surface area contributed by atoms with Crippen LogP contribution in [-0.4, -0.2) is 32.1 Å². The van der Waals surface area contributed by atoms with Crippen molar-refractivity contribution in [1.82, 2.24) is 0 Å². The molecule has 2 aromatic carbocycles. The molecule has 0 aromatic heterocycles. The Hall–Kier alpha value is -3.39. The highest BCUT2D eigenvalue weighted by atomic mass is 16.6. The maximum absolute atomic E-state index is 6.09. The monoisotopic (exact) mass is 421 g/mol. The second-order valence-electron chi connectivity index (χ2n) is 7.06. The summed E-state index contributed by atoms with van der Waals surface area (Å²) in [6.45, 7) is 10.4. The van der Waals surface area contributed by atoms with E-state index in [1.165, 1.54) is 7.11 Å². The van der Waals surface area contributed by atoms with E-state index in [0.29, 0.717) is 6.61 Å². The fraction of sp³-hybridized carbons (Fsp3) is 0.346. The number of nitrogens with zero attached hydrogens (tertiary/aromatic N) is 1. The highest BCUT2D eigenvalue weighted by Crippen LogP contribution is 2.29. The van der Waals surface area contributed by atoms with Crippen molar-refractivity contribution in [3.05, 3.63) is 65.2 Å². The van der Waals surface area contributed by atoms with Crippen LogP contribution in [0.25, 0.3) is 0 Å². The second kappa shape index (κ2) is 12.3. The Morgan fingerprint density at radius 1 is 0.935 bits per heavy atom. The van der Waals surface area contributed by atoms with Gasteiger partial charge in [0.05, 0.1) is 6.21 Å². The van der Waals surface area contributed by atoms with E-state index < -0.39 is 0 Å². The third-order valence-electron chi connectivity index (χ3n) is 4.30. The van der Waals surface area contributed by atoms with E-state index in [0.717, 1.165) is 33.9 Å². The average Bonchev–Trinajstić information content (AvgIpc) is 2.74. The van der Waals surface area contributed by atoms with Crippen LogP contribution in [0.3, 0.4) is 0 Å². The molecule has 0 heterocycles. The summed E-state index contributed by atoms with van der Waals surface area (Å²) in [6, 6.07) is 11.5. The number of allylic oxidation sites excluding steroid dienone is 1. The first kappa shape index (κ1) is 23.9. The number of ether oxygens (including phenoxy) is 3. The van der Waals surface area contributed by atoms with Crippen LogP contribution < -0.4 is 14.2 Å². The SMILES string of the molecule is C/C=C/COc1cc(C)c(OC(C)C#CC(C)Oc2ccc(/C=N\OC)cc2)c(C)c1. The van der Waals surface area contributed by atoms with Gasteiger partial charge in [-0.25, -0.2) is 0 Å². The number of oxime groups is 1. The van der Waals surface area contributed by atoms with Crippen molar-refractivity contribution in [1.29, 1.82) is 0 Å². The van der Waals surface area contributed by atoms with E-state index in [-0.39, 0.29) is 12.2 Å². The van der Waals surface area contributed by atoms with Crippen LogP contribution in [0.1, 0.15) is 37.5 Å². The molecule has 0 N–H and O–H groups in total. The Morgan fingerprint density at radius 3 is 2.13 bits per heavy atom. The molecule has 0 bridgehead atoms. The lowest BCUT2D eigenvalue weighted by Crippen LogP contribution is -2.14. The molecule has 0 amide bonds. The van der Waals surface area contributed by atoms with E-state index in [9.17, 15) is 0 Å². The van der Waals surface area contributed by atoms with E-state index in [1.54, 1.807) is 6.21 Å². The largest absolute Gasteiger partial charge is 0.490 e. The highest BCUT2D eigenvalue weighted by Gasteiger charge is 2.10. The molecular weight excluding hydrogens is 390 g/mol. The summed E-state index contributed by atoms with van der Waals surface area (Å²) < 4.78 is 17.7. The van der Waals surface area contributed by atoms with Gasteiger partial charge in [0.1, 0.15) is 31.0 Å². The van der Waals surface area contributed by atoms with Gasteiger partial charge in [-0.05, 0) is 87.7 Å². The highest BCUT2D eigenvalue weighted by molar-refractivity contribution is 5.79. The van der Waals surface area contributed by atoms with Gasteiger partial charge in [0.2, 0.25) is 0 Å². The molecule has 5 nitrogen and oxygen atoms in total. The number of rotatable bonds is 9. The molecule has 0 fully saturated rings. The number of hydrogen-bond donors (Lipinski definition) is 0. The van der Waals surface area contributed by atoms with Gasteiger partial charge >= 0.3 is 0 Å². The summed E-state index contributed by atoms with van der Waals surface area (Å²) in [5.41, 5.74) is 2.97. The van der Waals surface area contributed by atoms with Crippen molar-refractivity contribution in [3.8, 4) is 29.1 Å². The Kier molecular flexibility index (Phi) is 9.51. The lowest BCUT2D eigenvalue weighted by atomic mass is 10.1. The summed E-state index contributed by atoms with van der Waals surface area (Å²) in [6.07, 6.45) is 5.03. The molecule has 2 atom stereocenters.